The predicted molar refractivity (Wildman–Crippen MR) is 65.9 cm³/mol. The van der Waals surface area contributed by atoms with Crippen LogP contribution in [0.15, 0.2) is 0 Å². The van der Waals surface area contributed by atoms with Gasteiger partial charge in [0.1, 0.15) is 0 Å². The van der Waals surface area contributed by atoms with Crippen LogP contribution in [0.2, 0.25) is 5.28 Å². The van der Waals surface area contributed by atoms with Crippen LogP contribution in [0.3, 0.4) is 0 Å². The molecule has 1 aromatic rings. The van der Waals surface area contributed by atoms with Crippen molar-refractivity contribution in [2.75, 3.05) is 35.7 Å². The molecule has 0 bridgehead atoms. The normalized spacial score (nSPS) is 10.1. The summed E-state index contributed by atoms with van der Waals surface area (Å²) in [6, 6.07) is 0. The maximum atomic E-state index is 5.75. The minimum Gasteiger partial charge on any atom is -0.354 e. The minimum absolute atomic E-state index is 0.201. The van der Waals surface area contributed by atoms with Crippen molar-refractivity contribution in [3.05, 3.63) is 5.28 Å². The first-order chi connectivity index (χ1) is 7.26. The average Bonchev–Trinajstić information content (AvgIpc) is 2.18. The van der Waals surface area contributed by atoms with Crippen molar-refractivity contribution in [1.29, 1.82) is 0 Å². The Morgan fingerprint density at radius 3 is 2.47 bits per heavy atom. The number of aromatic nitrogens is 3. The van der Waals surface area contributed by atoms with E-state index in [1.165, 1.54) is 0 Å². The molecular formula is C8H14ClN5S. The molecule has 0 saturated carbocycles. The molecule has 0 radical (unpaired) electrons. The van der Waals surface area contributed by atoms with Crippen LogP contribution in [0.5, 0.6) is 0 Å². The molecule has 1 heterocycles. The largest absolute Gasteiger partial charge is 0.354 e. The topological polar surface area (TPSA) is 62.7 Å². The molecule has 0 aliphatic carbocycles. The first kappa shape index (κ1) is 12.3. The zero-order chi connectivity index (χ0) is 11.1. The molecule has 0 unspecified atom stereocenters. The molecule has 0 fully saturated rings. The highest BCUT2D eigenvalue weighted by Crippen LogP contribution is 2.09. The molecule has 15 heavy (non-hydrogen) atoms. The molecular weight excluding hydrogens is 234 g/mol. The average molecular weight is 248 g/mol. The number of halogens is 1. The van der Waals surface area contributed by atoms with E-state index in [0.29, 0.717) is 11.9 Å². The molecule has 2 N–H and O–H groups in total. The second-order valence-electron chi connectivity index (χ2n) is 2.70. The van der Waals surface area contributed by atoms with Gasteiger partial charge >= 0.3 is 0 Å². The summed E-state index contributed by atoms with van der Waals surface area (Å²) in [5.41, 5.74) is 0. The van der Waals surface area contributed by atoms with E-state index in [-0.39, 0.29) is 5.28 Å². The molecule has 0 aliphatic heterocycles. The number of anilines is 2. The van der Waals surface area contributed by atoms with Crippen molar-refractivity contribution in [2.24, 2.45) is 0 Å². The summed E-state index contributed by atoms with van der Waals surface area (Å²) in [4.78, 5) is 12.1. The second-order valence-corrected chi connectivity index (χ2v) is 4.03. The van der Waals surface area contributed by atoms with E-state index < -0.39 is 0 Å². The van der Waals surface area contributed by atoms with Gasteiger partial charge in [0.2, 0.25) is 17.2 Å². The van der Waals surface area contributed by atoms with Crippen LogP contribution < -0.4 is 10.6 Å². The third-order valence-electron chi connectivity index (χ3n) is 1.53. The van der Waals surface area contributed by atoms with Gasteiger partial charge in [-0.1, -0.05) is 0 Å². The lowest BCUT2D eigenvalue weighted by Gasteiger charge is -2.06. The van der Waals surface area contributed by atoms with Gasteiger partial charge in [-0.2, -0.15) is 26.7 Å². The molecule has 0 spiro atoms. The van der Waals surface area contributed by atoms with E-state index in [9.17, 15) is 0 Å². The molecule has 1 aromatic heterocycles. The number of nitrogens with one attached hydrogen (secondary N) is 2. The van der Waals surface area contributed by atoms with Crippen LogP contribution in [0.4, 0.5) is 11.9 Å². The lowest BCUT2D eigenvalue weighted by atomic mass is 10.7. The Balaban J connectivity index is 2.62. The van der Waals surface area contributed by atoms with Crippen LogP contribution >= 0.6 is 23.4 Å². The summed E-state index contributed by atoms with van der Waals surface area (Å²) >= 11 is 7.51. The molecule has 84 valence electrons. The Labute approximate surface area is 98.4 Å². The summed E-state index contributed by atoms with van der Waals surface area (Å²) in [5.74, 6) is 2.02. The third kappa shape index (κ3) is 4.53. The lowest BCUT2D eigenvalue weighted by molar-refractivity contribution is 1.00. The number of nitrogens with zero attached hydrogens (tertiary/aromatic N) is 3. The van der Waals surface area contributed by atoms with Crippen molar-refractivity contribution in [1.82, 2.24) is 15.0 Å². The van der Waals surface area contributed by atoms with Crippen molar-refractivity contribution in [3.8, 4) is 0 Å². The Bertz CT molecular complexity index is 309. The highest BCUT2D eigenvalue weighted by molar-refractivity contribution is 7.98. The van der Waals surface area contributed by atoms with Gasteiger partial charge in [-0.25, -0.2) is 0 Å². The van der Waals surface area contributed by atoms with E-state index in [4.69, 9.17) is 11.6 Å². The summed E-state index contributed by atoms with van der Waals surface area (Å²) in [6.45, 7) is 3.54. The zero-order valence-corrected chi connectivity index (χ0v) is 10.3. The van der Waals surface area contributed by atoms with E-state index in [1.54, 1.807) is 11.8 Å². The van der Waals surface area contributed by atoms with Crippen LogP contribution in [-0.4, -0.2) is 40.1 Å². The maximum Gasteiger partial charge on any atom is 0.228 e. The first-order valence-electron chi connectivity index (χ1n) is 4.64. The minimum atomic E-state index is 0.201. The molecule has 0 amide bonds. The molecule has 0 saturated heterocycles. The molecule has 0 aromatic carbocycles. The summed E-state index contributed by atoms with van der Waals surface area (Å²) in [5, 5.41) is 6.27. The highest BCUT2D eigenvalue weighted by Gasteiger charge is 2.02. The van der Waals surface area contributed by atoms with Crippen LogP contribution in [-0.2, 0) is 0 Å². The van der Waals surface area contributed by atoms with Crippen LogP contribution in [0.1, 0.15) is 6.92 Å². The summed E-state index contributed by atoms with van der Waals surface area (Å²) in [7, 11) is 0. The SMILES string of the molecule is CCNc1nc(Cl)nc(NCCSC)n1. The molecule has 1 rings (SSSR count). The van der Waals surface area contributed by atoms with Gasteiger partial charge in [-0.05, 0) is 24.8 Å². The Hall–Kier alpha value is -0.750. The van der Waals surface area contributed by atoms with Gasteiger partial charge in [0.25, 0.3) is 0 Å². The summed E-state index contributed by atoms with van der Waals surface area (Å²) in [6.07, 6.45) is 2.05. The Morgan fingerprint density at radius 2 is 1.87 bits per heavy atom. The smallest absolute Gasteiger partial charge is 0.228 e. The molecule has 5 nitrogen and oxygen atoms in total. The van der Waals surface area contributed by atoms with Gasteiger partial charge in [-0.15, -0.1) is 0 Å². The van der Waals surface area contributed by atoms with Gasteiger partial charge in [0.15, 0.2) is 0 Å². The molecule has 7 heteroatoms. The van der Waals surface area contributed by atoms with Gasteiger partial charge in [0.05, 0.1) is 0 Å². The zero-order valence-electron chi connectivity index (χ0n) is 8.75. The maximum absolute atomic E-state index is 5.75. The predicted octanol–water partition coefficient (Wildman–Crippen LogP) is 1.73. The quantitative estimate of drug-likeness (QED) is 0.747. The fraction of sp³-hybridized carbons (Fsp3) is 0.625. The third-order valence-corrected chi connectivity index (χ3v) is 2.31. The first-order valence-corrected chi connectivity index (χ1v) is 6.41. The van der Waals surface area contributed by atoms with Crippen molar-refractivity contribution in [2.45, 2.75) is 6.92 Å². The highest BCUT2D eigenvalue weighted by atomic mass is 35.5. The second kappa shape index (κ2) is 6.68. The lowest BCUT2D eigenvalue weighted by Crippen LogP contribution is -2.10. The van der Waals surface area contributed by atoms with Crippen molar-refractivity contribution >= 4 is 35.3 Å². The van der Waals surface area contributed by atoms with E-state index >= 15 is 0 Å². The van der Waals surface area contributed by atoms with Crippen molar-refractivity contribution in [3.63, 3.8) is 0 Å². The Morgan fingerprint density at radius 1 is 1.20 bits per heavy atom. The van der Waals surface area contributed by atoms with Crippen molar-refractivity contribution < 1.29 is 0 Å². The molecule has 0 atom stereocenters. The summed E-state index contributed by atoms with van der Waals surface area (Å²) < 4.78 is 0. The van der Waals surface area contributed by atoms with E-state index in [2.05, 4.69) is 25.6 Å². The fourth-order valence-electron chi connectivity index (χ4n) is 0.931. The van der Waals surface area contributed by atoms with E-state index in [0.717, 1.165) is 18.8 Å². The van der Waals surface area contributed by atoms with Gasteiger partial charge in [0, 0.05) is 18.8 Å². The number of hydrogen-bond donors (Lipinski definition) is 2. The fourth-order valence-corrected chi connectivity index (χ4v) is 1.40. The standard InChI is InChI=1S/C8H14ClN5S/c1-3-10-7-12-6(9)13-8(14-7)11-4-5-15-2/h3-5H2,1-2H3,(H2,10,11,12,13,14). The van der Waals surface area contributed by atoms with Gasteiger partial charge in [-0.3, -0.25) is 0 Å². The van der Waals surface area contributed by atoms with Gasteiger partial charge < -0.3 is 10.6 Å². The van der Waals surface area contributed by atoms with Crippen LogP contribution in [0, 0.1) is 0 Å². The Kier molecular flexibility index (Phi) is 5.49. The number of hydrogen-bond acceptors (Lipinski definition) is 6. The van der Waals surface area contributed by atoms with Crippen LogP contribution in [0.25, 0.3) is 0 Å². The number of thioether (sulfide) groups is 1. The van der Waals surface area contributed by atoms with E-state index in [1.807, 2.05) is 13.2 Å². The number of rotatable bonds is 6. The molecule has 0 aliphatic rings. The monoisotopic (exact) mass is 247 g/mol.